The van der Waals surface area contributed by atoms with Gasteiger partial charge in [0.15, 0.2) is 10.1 Å². The van der Waals surface area contributed by atoms with Crippen molar-refractivity contribution in [2.24, 2.45) is 0 Å². The van der Waals surface area contributed by atoms with Gasteiger partial charge in [-0.25, -0.2) is 4.98 Å². The molecule has 1 unspecified atom stereocenters. The minimum Gasteiger partial charge on any atom is -0.377 e. The number of ketones is 1. The van der Waals surface area contributed by atoms with Crippen molar-refractivity contribution in [3.63, 3.8) is 0 Å². The number of fused-ring (bicyclic) bond motifs is 2. The minimum atomic E-state index is -0.0930. The summed E-state index contributed by atoms with van der Waals surface area (Å²) < 4.78 is 7.82. The molecule has 2 aliphatic heterocycles. The van der Waals surface area contributed by atoms with Gasteiger partial charge in [0.1, 0.15) is 0 Å². The number of carbonyl (C=O) groups excluding carboxylic acids is 1. The zero-order chi connectivity index (χ0) is 20.5. The zero-order valence-electron chi connectivity index (χ0n) is 16.5. The molecular formula is C21H22N4O3S2. The minimum absolute atomic E-state index is 0.0456. The molecule has 0 spiro atoms. The van der Waals surface area contributed by atoms with Gasteiger partial charge in [-0.05, 0) is 12.8 Å². The van der Waals surface area contributed by atoms with E-state index in [4.69, 9.17) is 9.72 Å². The fourth-order valence-electron chi connectivity index (χ4n) is 3.96. The second kappa shape index (κ2) is 8.58. The SMILES string of the molecule is O=C(CSc1nn2c(=O)c3c(nc2s1)CCN(CC1CCCO1)C3)c1ccccc1. The number of benzene rings is 1. The molecule has 3 aromatic rings. The first-order valence-corrected chi connectivity index (χ1v) is 11.9. The fourth-order valence-corrected chi connectivity index (χ4v) is 5.80. The molecule has 1 saturated heterocycles. The topological polar surface area (TPSA) is 76.8 Å². The zero-order valence-corrected chi connectivity index (χ0v) is 18.1. The molecule has 9 heteroatoms. The van der Waals surface area contributed by atoms with Gasteiger partial charge in [0.2, 0.25) is 4.96 Å². The molecule has 1 aromatic carbocycles. The number of thioether (sulfide) groups is 1. The van der Waals surface area contributed by atoms with Gasteiger partial charge in [-0.15, -0.1) is 5.10 Å². The number of hydrogen-bond donors (Lipinski definition) is 0. The summed E-state index contributed by atoms with van der Waals surface area (Å²) in [7, 11) is 0. The molecule has 2 aromatic heterocycles. The second-order valence-corrected chi connectivity index (χ2v) is 9.78. The van der Waals surface area contributed by atoms with Gasteiger partial charge in [-0.3, -0.25) is 14.5 Å². The Morgan fingerprint density at radius 2 is 2.17 bits per heavy atom. The van der Waals surface area contributed by atoms with E-state index in [1.54, 1.807) is 0 Å². The number of aromatic nitrogens is 3. The Kier molecular flexibility index (Phi) is 5.68. The summed E-state index contributed by atoms with van der Waals surface area (Å²) in [4.78, 5) is 33.0. The van der Waals surface area contributed by atoms with E-state index in [1.807, 2.05) is 30.3 Å². The number of nitrogens with zero attached hydrogens (tertiary/aromatic N) is 4. The molecule has 4 heterocycles. The lowest BCUT2D eigenvalue weighted by Crippen LogP contribution is -2.40. The summed E-state index contributed by atoms with van der Waals surface area (Å²) in [5.74, 6) is 0.331. The van der Waals surface area contributed by atoms with Crippen LogP contribution in [0.15, 0.2) is 39.5 Å². The average Bonchev–Trinajstić information content (AvgIpc) is 3.43. The van der Waals surface area contributed by atoms with Crippen LogP contribution in [0.25, 0.3) is 4.96 Å². The van der Waals surface area contributed by atoms with E-state index >= 15 is 0 Å². The highest BCUT2D eigenvalue weighted by atomic mass is 32.2. The molecule has 0 saturated carbocycles. The van der Waals surface area contributed by atoms with Crippen LogP contribution < -0.4 is 5.56 Å². The Morgan fingerprint density at radius 1 is 1.30 bits per heavy atom. The standard InChI is InChI=1S/C21H22N4O3S2/c26-18(14-5-2-1-3-6-14)13-29-21-23-25-19(27)16-12-24(11-15-7-4-10-28-15)9-8-17(16)22-20(25)30-21/h1-3,5-6,15H,4,7-13H2. The van der Waals surface area contributed by atoms with Crippen LogP contribution in [0.4, 0.5) is 0 Å². The predicted molar refractivity (Wildman–Crippen MR) is 117 cm³/mol. The summed E-state index contributed by atoms with van der Waals surface area (Å²) >= 11 is 2.72. The maximum Gasteiger partial charge on any atom is 0.279 e. The third-order valence-electron chi connectivity index (χ3n) is 5.53. The van der Waals surface area contributed by atoms with E-state index in [0.29, 0.717) is 21.4 Å². The lowest BCUT2D eigenvalue weighted by atomic mass is 10.1. The Hall–Kier alpha value is -2.07. The van der Waals surface area contributed by atoms with E-state index in [0.717, 1.165) is 50.2 Å². The van der Waals surface area contributed by atoms with Crippen LogP contribution in [-0.4, -0.2) is 56.8 Å². The van der Waals surface area contributed by atoms with E-state index in [1.165, 1.54) is 27.6 Å². The normalized spacial score (nSPS) is 19.3. The van der Waals surface area contributed by atoms with Crippen LogP contribution >= 0.6 is 23.1 Å². The Morgan fingerprint density at radius 3 is 2.97 bits per heavy atom. The van der Waals surface area contributed by atoms with Gasteiger partial charge < -0.3 is 4.74 Å². The lowest BCUT2D eigenvalue weighted by molar-refractivity contribution is 0.0683. The van der Waals surface area contributed by atoms with Crippen molar-refractivity contribution in [3.05, 3.63) is 57.5 Å². The van der Waals surface area contributed by atoms with E-state index < -0.39 is 0 Å². The van der Waals surface area contributed by atoms with Crippen molar-refractivity contribution in [3.8, 4) is 0 Å². The Balaban J connectivity index is 1.32. The molecule has 156 valence electrons. The Bertz CT molecular complexity index is 1120. The number of Topliss-reactive ketones (excluding diaryl/α,β-unsaturated/α-hetero) is 1. The smallest absolute Gasteiger partial charge is 0.279 e. The monoisotopic (exact) mass is 442 g/mol. The van der Waals surface area contributed by atoms with E-state index in [2.05, 4.69) is 10.00 Å². The lowest BCUT2D eigenvalue weighted by Gasteiger charge is -2.29. The Labute approximate surface area is 182 Å². The van der Waals surface area contributed by atoms with Crippen LogP contribution in [0, 0.1) is 0 Å². The molecule has 0 amide bonds. The van der Waals surface area contributed by atoms with Crippen LogP contribution in [0.5, 0.6) is 0 Å². The van der Waals surface area contributed by atoms with Crippen molar-refractivity contribution in [2.75, 3.05) is 25.4 Å². The highest BCUT2D eigenvalue weighted by molar-refractivity contribution is 8.01. The van der Waals surface area contributed by atoms with Gasteiger partial charge in [0, 0.05) is 38.2 Å². The fraction of sp³-hybridized carbons (Fsp3) is 0.429. The average molecular weight is 443 g/mol. The van der Waals surface area contributed by atoms with Gasteiger partial charge in [0.25, 0.3) is 5.56 Å². The molecule has 0 radical (unpaired) electrons. The van der Waals surface area contributed by atoms with Crippen LogP contribution in [0.2, 0.25) is 0 Å². The number of carbonyl (C=O) groups is 1. The predicted octanol–water partition coefficient (Wildman–Crippen LogP) is 2.66. The molecular weight excluding hydrogens is 420 g/mol. The van der Waals surface area contributed by atoms with Gasteiger partial charge in [0.05, 0.1) is 23.1 Å². The van der Waals surface area contributed by atoms with E-state index in [9.17, 15) is 9.59 Å². The maximum absolute atomic E-state index is 13.1. The number of rotatable bonds is 6. The first-order chi connectivity index (χ1) is 14.7. The van der Waals surface area contributed by atoms with Crippen LogP contribution in [-0.2, 0) is 17.7 Å². The van der Waals surface area contributed by atoms with Crippen molar-refractivity contribution in [2.45, 2.75) is 36.3 Å². The molecule has 0 aliphatic carbocycles. The molecule has 0 N–H and O–H groups in total. The molecule has 1 fully saturated rings. The van der Waals surface area contributed by atoms with Crippen molar-refractivity contribution >= 4 is 33.8 Å². The summed E-state index contributed by atoms with van der Waals surface area (Å²) in [5, 5.41) is 4.44. The quantitative estimate of drug-likeness (QED) is 0.429. The molecule has 1 atom stereocenters. The van der Waals surface area contributed by atoms with Crippen molar-refractivity contribution < 1.29 is 9.53 Å². The number of hydrogen-bond acceptors (Lipinski definition) is 8. The molecule has 2 aliphatic rings. The van der Waals surface area contributed by atoms with Gasteiger partial charge >= 0.3 is 0 Å². The van der Waals surface area contributed by atoms with Gasteiger partial charge in [-0.2, -0.15) is 4.52 Å². The summed E-state index contributed by atoms with van der Waals surface area (Å²) in [6.45, 7) is 3.19. The highest BCUT2D eigenvalue weighted by Gasteiger charge is 2.26. The summed E-state index contributed by atoms with van der Waals surface area (Å²) in [6.07, 6.45) is 3.25. The molecule has 7 nitrogen and oxygen atoms in total. The van der Waals surface area contributed by atoms with Gasteiger partial charge in [-0.1, -0.05) is 53.4 Å². The summed E-state index contributed by atoms with van der Waals surface area (Å²) in [5.41, 5.74) is 2.20. The highest BCUT2D eigenvalue weighted by Crippen LogP contribution is 2.26. The maximum atomic E-state index is 13.1. The van der Waals surface area contributed by atoms with Crippen molar-refractivity contribution in [1.29, 1.82) is 0 Å². The molecule has 5 rings (SSSR count). The third-order valence-corrected chi connectivity index (χ3v) is 7.57. The van der Waals surface area contributed by atoms with Crippen LogP contribution in [0.3, 0.4) is 0 Å². The first-order valence-electron chi connectivity index (χ1n) is 10.1. The number of ether oxygens (including phenoxy) is 1. The first kappa shape index (κ1) is 19.9. The largest absolute Gasteiger partial charge is 0.377 e. The summed E-state index contributed by atoms with van der Waals surface area (Å²) in [6, 6.07) is 9.21. The molecule has 0 bridgehead atoms. The molecule has 30 heavy (non-hydrogen) atoms. The second-order valence-electron chi connectivity index (χ2n) is 7.60. The van der Waals surface area contributed by atoms with Crippen LogP contribution in [0.1, 0.15) is 34.5 Å². The van der Waals surface area contributed by atoms with E-state index in [-0.39, 0.29) is 23.2 Å². The van der Waals surface area contributed by atoms with Crippen molar-refractivity contribution in [1.82, 2.24) is 19.5 Å². The third kappa shape index (κ3) is 4.07.